The van der Waals surface area contributed by atoms with Gasteiger partial charge < -0.3 is 4.52 Å². The zero-order valence-corrected chi connectivity index (χ0v) is 9.83. The van der Waals surface area contributed by atoms with E-state index in [1.54, 1.807) is 0 Å². The minimum atomic E-state index is -4.71. The summed E-state index contributed by atoms with van der Waals surface area (Å²) in [5.74, 6) is -2.39. The second kappa shape index (κ2) is 4.84. The van der Waals surface area contributed by atoms with Crippen LogP contribution in [-0.2, 0) is 18.6 Å². The summed E-state index contributed by atoms with van der Waals surface area (Å²) in [7, 11) is 0. The predicted octanol–water partition coefficient (Wildman–Crippen LogP) is 2.63. The Morgan fingerprint density at radius 2 is 2.11 bits per heavy atom. The standard InChI is InChI=1S/C10H4F3N3O2S/c11-10(12,13)9-14-7(15-18-9)5-2-1-3-6(4-5)8(17)16-19/h1-4H. The van der Waals surface area contributed by atoms with E-state index in [1.807, 2.05) is 0 Å². The van der Waals surface area contributed by atoms with Gasteiger partial charge in [-0.05, 0) is 12.1 Å². The van der Waals surface area contributed by atoms with Gasteiger partial charge in [0.2, 0.25) is 5.82 Å². The van der Waals surface area contributed by atoms with Gasteiger partial charge in [0.15, 0.2) is 0 Å². The molecule has 1 heterocycles. The molecule has 98 valence electrons. The maximum absolute atomic E-state index is 12.3. The molecule has 5 nitrogen and oxygen atoms in total. The number of amides is 1. The molecule has 2 aromatic rings. The van der Waals surface area contributed by atoms with Crippen molar-refractivity contribution in [2.24, 2.45) is 4.36 Å². The quantitative estimate of drug-likeness (QED) is 0.849. The molecule has 0 N–H and O–H groups in total. The molecule has 0 saturated carbocycles. The van der Waals surface area contributed by atoms with Crippen LogP contribution in [0.5, 0.6) is 0 Å². The minimum Gasteiger partial charge on any atom is -0.329 e. The van der Waals surface area contributed by atoms with Crippen LogP contribution in [0, 0.1) is 0 Å². The normalized spacial score (nSPS) is 11.3. The van der Waals surface area contributed by atoms with Crippen molar-refractivity contribution in [2.75, 3.05) is 0 Å². The first-order chi connectivity index (χ1) is 8.91. The van der Waals surface area contributed by atoms with Crippen molar-refractivity contribution in [1.82, 2.24) is 10.1 Å². The van der Waals surface area contributed by atoms with E-state index >= 15 is 0 Å². The Balaban J connectivity index is 2.40. The summed E-state index contributed by atoms with van der Waals surface area (Å²) in [5, 5.41) is 3.21. The number of carbonyl (C=O) groups excluding carboxylic acids is 1. The van der Waals surface area contributed by atoms with Gasteiger partial charge in [-0.2, -0.15) is 18.2 Å². The van der Waals surface area contributed by atoms with Crippen molar-refractivity contribution in [3.8, 4) is 11.4 Å². The molecule has 0 spiro atoms. The summed E-state index contributed by atoms with van der Waals surface area (Å²) in [6.45, 7) is 0. The highest BCUT2D eigenvalue weighted by atomic mass is 32.1. The topological polar surface area (TPSA) is 68.3 Å². The maximum Gasteiger partial charge on any atom is 0.471 e. The Hall–Kier alpha value is -2.16. The SMILES string of the molecule is O=C(N=S)c1cccc(-c2noc(C(F)(F)F)n2)c1. The highest BCUT2D eigenvalue weighted by Crippen LogP contribution is 2.29. The number of benzene rings is 1. The Kier molecular flexibility index (Phi) is 3.38. The second-order valence-electron chi connectivity index (χ2n) is 3.40. The molecular formula is C10H4F3N3O2S. The molecule has 0 aliphatic carbocycles. The van der Waals surface area contributed by atoms with E-state index in [9.17, 15) is 18.0 Å². The van der Waals surface area contributed by atoms with E-state index in [1.165, 1.54) is 24.3 Å². The van der Waals surface area contributed by atoms with E-state index < -0.39 is 18.0 Å². The Morgan fingerprint density at radius 3 is 2.68 bits per heavy atom. The number of nitrogens with zero attached hydrogens (tertiary/aromatic N) is 3. The van der Waals surface area contributed by atoms with Gasteiger partial charge in [-0.25, -0.2) is 0 Å². The average Bonchev–Trinajstić information content (AvgIpc) is 2.87. The van der Waals surface area contributed by atoms with Crippen LogP contribution in [0.15, 0.2) is 33.2 Å². The summed E-state index contributed by atoms with van der Waals surface area (Å²) >= 11 is 4.25. The molecule has 19 heavy (non-hydrogen) atoms. The number of hydrogen-bond donors (Lipinski definition) is 0. The van der Waals surface area contributed by atoms with Crippen LogP contribution in [0.1, 0.15) is 16.2 Å². The lowest BCUT2D eigenvalue weighted by atomic mass is 10.1. The van der Waals surface area contributed by atoms with Gasteiger partial charge in [0.05, 0.1) is 0 Å². The van der Waals surface area contributed by atoms with E-state index in [4.69, 9.17) is 0 Å². The van der Waals surface area contributed by atoms with Gasteiger partial charge in [0.1, 0.15) is 0 Å². The summed E-state index contributed by atoms with van der Waals surface area (Å²) in [5.41, 5.74) is 0.328. The van der Waals surface area contributed by atoms with Crippen LogP contribution in [-0.4, -0.2) is 16.0 Å². The van der Waals surface area contributed by atoms with Crippen LogP contribution in [0.4, 0.5) is 13.2 Å². The molecule has 0 aliphatic rings. The average molecular weight is 287 g/mol. The molecule has 1 aromatic heterocycles. The molecule has 9 heteroatoms. The van der Waals surface area contributed by atoms with Crippen molar-refractivity contribution in [2.45, 2.75) is 6.18 Å². The van der Waals surface area contributed by atoms with Crippen LogP contribution >= 0.6 is 0 Å². The van der Waals surface area contributed by atoms with Crippen molar-refractivity contribution in [3.63, 3.8) is 0 Å². The van der Waals surface area contributed by atoms with Crippen LogP contribution < -0.4 is 0 Å². The summed E-state index contributed by atoms with van der Waals surface area (Å²) < 4.78 is 44.0. The number of rotatable bonds is 2. The van der Waals surface area contributed by atoms with E-state index in [2.05, 4.69) is 31.5 Å². The van der Waals surface area contributed by atoms with Gasteiger partial charge in [-0.1, -0.05) is 17.3 Å². The second-order valence-corrected chi connectivity index (χ2v) is 3.58. The molecule has 0 aliphatic heterocycles. The molecule has 1 amide bonds. The fraction of sp³-hybridized carbons (Fsp3) is 0.100. The van der Waals surface area contributed by atoms with Gasteiger partial charge in [-0.3, -0.25) is 4.79 Å². The van der Waals surface area contributed by atoms with Crippen molar-refractivity contribution >= 4 is 18.3 Å². The molecule has 0 fully saturated rings. The number of carbonyl (C=O) groups is 1. The Labute approximate surface area is 109 Å². The fourth-order valence-electron chi connectivity index (χ4n) is 1.30. The number of halogens is 3. The summed E-state index contributed by atoms with van der Waals surface area (Å²) in [6.07, 6.45) is -4.71. The largest absolute Gasteiger partial charge is 0.471 e. The smallest absolute Gasteiger partial charge is 0.329 e. The van der Waals surface area contributed by atoms with Crippen molar-refractivity contribution in [1.29, 1.82) is 0 Å². The molecule has 1 aromatic carbocycles. The van der Waals surface area contributed by atoms with Crippen molar-refractivity contribution in [3.05, 3.63) is 35.7 Å². The zero-order chi connectivity index (χ0) is 14.0. The molecule has 2 rings (SSSR count). The third-order valence-electron chi connectivity index (χ3n) is 2.12. The first-order valence-corrected chi connectivity index (χ1v) is 5.17. The zero-order valence-electron chi connectivity index (χ0n) is 9.01. The third-order valence-corrected chi connectivity index (χ3v) is 2.28. The Bertz CT molecular complexity index is 639. The maximum atomic E-state index is 12.3. The molecule has 0 atom stereocenters. The predicted molar refractivity (Wildman–Crippen MR) is 58.9 cm³/mol. The number of alkyl halides is 3. The molecule has 0 unspecified atom stereocenters. The molecule has 0 bridgehead atoms. The first-order valence-electron chi connectivity index (χ1n) is 4.81. The van der Waals surface area contributed by atoms with E-state index in [-0.39, 0.29) is 17.0 Å². The van der Waals surface area contributed by atoms with Gasteiger partial charge in [0, 0.05) is 23.6 Å². The molecular weight excluding hydrogens is 283 g/mol. The van der Waals surface area contributed by atoms with E-state index in [0.717, 1.165) is 0 Å². The summed E-state index contributed by atoms with van der Waals surface area (Å²) in [6, 6.07) is 5.59. The Morgan fingerprint density at radius 1 is 1.37 bits per heavy atom. The van der Waals surface area contributed by atoms with Crippen LogP contribution in [0.2, 0.25) is 0 Å². The van der Waals surface area contributed by atoms with Crippen LogP contribution in [0.25, 0.3) is 11.4 Å². The van der Waals surface area contributed by atoms with E-state index in [0.29, 0.717) is 0 Å². The highest BCUT2D eigenvalue weighted by molar-refractivity contribution is 7.47. The van der Waals surface area contributed by atoms with Crippen LogP contribution in [0.3, 0.4) is 0 Å². The lowest BCUT2D eigenvalue weighted by Crippen LogP contribution is -2.04. The van der Waals surface area contributed by atoms with Crippen molar-refractivity contribution < 1.29 is 22.5 Å². The lowest BCUT2D eigenvalue weighted by molar-refractivity contribution is -0.159. The number of aromatic nitrogens is 2. The van der Waals surface area contributed by atoms with Gasteiger partial charge >= 0.3 is 12.1 Å². The monoisotopic (exact) mass is 287 g/mol. The first kappa shape index (κ1) is 13.3. The minimum absolute atomic E-state index is 0.130. The summed E-state index contributed by atoms with van der Waals surface area (Å²) in [4.78, 5) is 14.5. The lowest BCUT2D eigenvalue weighted by Gasteiger charge is -1.98. The highest BCUT2D eigenvalue weighted by Gasteiger charge is 2.38. The third kappa shape index (κ3) is 2.81. The molecule has 0 saturated heterocycles. The van der Waals surface area contributed by atoms with Gasteiger partial charge in [0.25, 0.3) is 5.91 Å². The number of hydrogen-bond acceptors (Lipinski definition) is 5. The fourth-order valence-corrected chi connectivity index (χ4v) is 1.41. The van der Waals surface area contributed by atoms with Gasteiger partial charge in [-0.15, -0.1) is 4.36 Å². The molecule has 0 radical (unpaired) electrons.